The Balaban J connectivity index is 1.23. The number of thiazole rings is 1. The number of thioether (sulfide) groups is 1. The van der Waals surface area contributed by atoms with Crippen LogP contribution in [-0.2, 0) is 9.59 Å². The Morgan fingerprint density at radius 2 is 1.57 bits per heavy atom. The molecule has 7 nitrogen and oxygen atoms in total. The maximum Gasteiger partial charge on any atom is 0.272 e. The van der Waals surface area contributed by atoms with Gasteiger partial charge in [0.2, 0.25) is 5.91 Å². The number of rotatable bonds is 10. The van der Waals surface area contributed by atoms with Crippen molar-refractivity contribution in [1.29, 1.82) is 0 Å². The van der Waals surface area contributed by atoms with Crippen LogP contribution in [0.2, 0.25) is 5.02 Å². The van der Waals surface area contributed by atoms with Crippen LogP contribution in [0.25, 0.3) is 17.3 Å². The second-order valence-corrected chi connectivity index (χ2v) is 12.2. The van der Waals surface area contributed by atoms with Gasteiger partial charge in [0.15, 0.2) is 5.13 Å². The van der Waals surface area contributed by atoms with Gasteiger partial charge >= 0.3 is 0 Å². The Morgan fingerprint density at radius 1 is 0.864 bits per heavy atom. The predicted molar refractivity (Wildman–Crippen MR) is 180 cm³/mol. The van der Waals surface area contributed by atoms with Crippen molar-refractivity contribution in [3.63, 3.8) is 0 Å². The topological polar surface area (TPSA) is 100 Å². The molecule has 0 unspecified atom stereocenters. The van der Waals surface area contributed by atoms with E-state index >= 15 is 0 Å². The second kappa shape index (κ2) is 14.7. The first-order chi connectivity index (χ1) is 21.3. The van der Waals surface area contributed by atoms with Crippen LogP contribution in [0.5, 0.6) is 0 Å². The molecule has 1 aromatic heterocycles. The Bertz CT molecular complexity index is 1810. The minimum Gasteiger partial charge on any atom is -0.321 e. The van der Waals surface area contributed by atoms with Gasteiger partial charge in [-0.2, -0.15) is 0 Å². The summed E-state index contributed by atoms with van der Waals surface area (Å²) in [6.45, 7) is 1.98. The Kier molecular flexibility index (Phi) is 10.2. The van der Waals surface area contributed by atoms with Crippen molar-refractivity contribution in [3.8, 4) is 11.3 Å². The fourth-order valence-corrected chi connectivity index (χ4v) is 5.88. The normalized spacial score (nSPS) is 11.1. The molecule has 0 bridgehead atoms. The molecule has 3 amide bonds. The molecule has 0 saturated heterocycles. The molecular weight excluding hydrogens is 612 g/mol. The van der Waals surface area contributed by atoms with Gasteiger partial charge in [0, 0.05) is 31.6 Å². The molecule has 4 aromatic carbocycles. The third kappa shape index (κ3) is 8.44. The SMILES string of the molecule is Cc1sc(NC(=O)CSc2cccc(NC(=O)/C(=C/c3ccc(Cl)cc3)NC(=O)c3ccccc3)c2)nc1-c1ccccc1. The number of anilines is 2. The molecule has 0 atom stereocenters. The average Bonchev–Trinajstić information content (AvgIpc) is 3.41. The number of benzene rings is 4. The molecule has 0 saturated carbocycles. The maximum atomic E-state index is 13.4. The summed E-state index contributed by atoms with van der Waals surface area (Å²) in [5.74, 6) is -0.944. The summed E-state index contributed by atoms with van der Waals surface area (Å²) in [5, 5.41) is 9.57. The van der Waals surface area contributed by atoms with Crippen molar-refractivity contribution >= 4 is 69.3 Å². The van der Waals surface area contributed by atoms with Crippen molar-refractivity contribution < 1.29 is 14.4 Å². The molecule has 5 rings (SSSR count). The molecule has 0 spiro atoms. The summed E-state index contributed by atoms with van der Waals surface area (Å²) < 4.78 is 0. The lowest BCUT2D eigenvalue weighted by Gasteiger charge is -2.12. The van der Waals surface area contributed by atoms with Gasteiger partial charge in [-0.15, -0.1) is 23.1 Å². The number of carbonyl (C=O) groups is 3. The van der Waals surface area contributed by atoms with E-state index in [0.717, 1.165) is 21.0 Å². The van der Waals surface area contributed by atoms with E-state index in [4.69, 9.17) is 11.6 Å². The number of halogens is 1. The van der Waals surface area contributed by atoms with Crippen molar-refractivity contribution in [2.75, 3.05) is 16.4 Å². The summed E-state index contributed by atoms with van der Waals surface area (Å²) in [6.07, 6.45) is 1.58. The fourth-order valence-electron chi connectivity index (χ4n) is 4.15. The van der Waals surface area contributed by atoms with Crippen molar-refractivity contribution in [1.82, 2.24) is 10.3 Å². The average molecular weight is 639 g/mol. The van der Waals surface area contributed by atoms with Crippen molar-refractivity contribution in [3.05, 3.63) is 136 Å². The van der Waals surface area contributed by atoms with Crippen LogP contribution in [0.3, 0.4) is 0 Å². The molecule has 0 aliphatic rings. The first kappa shape index (κ1) is 30.7. The standard InChI is InChI=1S/C34H27ClN4O3S2/c1-22-31(24-9-4-2-5-10-24)39-34(44-22)38-30(40)21-43-28-14-8-13-27(20-28)36-33(42)29(19-23-15-17-26(35)18-16-23)37-32(41)25-11-6-3-7-12-25/h2-20H,21H2,1H3,(H,36,42)(H,37,41)(H,38,39,40)/b29-19-. The van der Waals surface area contributed by atoms with Crippen LogP contribution >= 0.6 is 34.7 Å². The van der Waals surface area contributed by atoms with Gasteiger partial charge in [0.1, 0.15) is 5.70 Å². The summed E-state index contributed by atoms with van der Waals surface area (Å²) in [7, 11) is 0. The van der Waals surface area contributed by atoms with Crippen LogP contribution in [0.1, 0.15) is 20.8 Å². The molecule has 10 heteroatoms. The highest BCUT2D eigenvalue weighted by molar-refractivity contribution is 8.00. The molecule has 0 aliphatic heterocycles. The van der Waals surface area contributed by atoms with E-state index in [1.807, 2.05) is 49.4 Å². The Morgan fingerprint density at radius 3 is 2.30 bits per heavy atom. The van der Waals surface area contributed by atoms with Gasteiger partial charge in [-0.3, -0.25) is 14.4 Å². The molecule has 220 valence electrons. The monoisotopic (exact) mass is 638 g/mol. The van der Waals surface area contributed by atoms with Crippen LogP contribution < -0.4 is 16.0 Å². The number of carbonyl (C=O) groups excluding carboxylic acids is 3. The summed E-state index contributed by atoms with van der Waals surface area (Å²) in [4.78, 5) is 45.4. The highest BCUT2D eigenvalue weighted by Crippen LogP contribution is 2.30. The summed E-state index contributed by atoms with van der Waals surface area (Å²) in [6, 6.07) is 32.6. The van der Waals surface area contributed by atoms with Crippen LogP contribution in [-0.4, -0.2) is 28.5 Å². The maximum absolute atomic E-state index is 13.4. The molecular formula is C34H27ClN4O3S2. The molecule has 1 heterocycles. The smallest absolute Gasteiger partial charge is 0.272 e. The van der Waals surface area contributed by atoms with E-state index < -0.39 is 11.8 Å². The lowest BCUT2D eigenvalue weighted by Crippen LogP contribution is -2.30. The quantitative estimate of drug-likeness (QED) is 0.107. The predicted octanol–water partition coefficient (Wildman–Crippen LogP) is 7.91. The van der Waals surface area contributed by atoms with Gasteiger partial charge in [-0.1, -0.05) is 78.3 Å². The molecule has 0 aliphatic carbocycles. The second-order valence-electron chi connectivity index (χ2n) is 9.54. The highest BCUT2D eigenvalue weighted by atomic mass is 35.5. The number of nitrogens with one attached hydrogen (secondary N) is 3. The van der Waals surface area contributed by atoms with E-state index in [2.05, 4.69) is 20.9 Å². The first-order valence-corrected chi connectivity index (χ1v) is 15.7. The zero-order valence-corrected chi connectivity index (χ0v) is 25.9. The number of aromatic nitrogens is 1. The minimum atomic E-state index is -0.502. The zero-order chi connectivity index (χ0) is 30.9. The fraction of sp³-hybridized carbons (Fsp3) is 0.0588. The van der Waals surface area contributed by atoms with Gasteiger partial charge in [-0.25, -0.2) is 4.98 Å². The Hall–Kier alpha value is -4.70. The molecule has 5 aromatic rings. The van der Waals surface area contributed by atoms with Gasteiger partial charge < -0.3 is 16.0 Å². The third-order valence-corrected chi connectivity index (χ3v) is 8.39. The number of hydrogen-bond acceptors (Lipinski definition) is 6. The van der Waals surface area contributed by atoms with E-state index in [1.54, 1.807) is 72.8 Å². The van der Waals surface area contributed by atoms with Gasteiger partial charge in [0.25, 0.3) is 11.8 Å². The van der Waals surface area contributed by atoms with Crippen molar-refractivity contribution in [2.24, 2.45) is 0 Å². The van der Waals surface area contributed by atoms with E-state index in [0.29, 0.717) is 27.0 Å². The number of aryl methyl sites for hydroxylation is 1. The van der Waals surface area contributed by atoms with E-state index in [9.17, 15) is 14.4 Å². The zero-order valence-electron chi connectivity index (χ0n) is 23.5. The van der Waals surface area contributed by atoms with Gasteiger partial charge in [0.05, 0.1) is 11.4 Å². The largest absolute Gasteiger partial charge is 0.321 e. The van der Waals surface area contributed by atoms with Gasteiger partial charge in [-0.05, 0) is 61.0 Å². The number of amides is 3. The van der Waals surface area contributed by atoms with E-state index in [-0.39, 0.29) is 17.4 Å². The van der Waals surface area contributed by atoms with Crippen molar-refractivity contribution in [2.45, 2.75) is 11.8 Å². The minimum absolute atomic E-state index is 0.0622. The number of nitrogens with zero attached hydrogens (tertiary/aromatic N) is 1. The summed E-state index contributed by atoms with van der Waals surface area (Å²) in [5.41, 5.74) is 3.54. The lowest BCUT2D eigenvalue weighted by molar-refractivity contribution is -0.114. The van der Waals surface area contributed by atoms with Crippen LogP contribution in [0.15, 0.2) is 120 Å². The molecule has 0 radical (unpaired) electrons. The molecule has 44 heavy (non-hydrogen) atoms. The highest BCUT2D eigenvalue weighted by Gasteiger charge is 2.16. The lowest BCUT2D eigenvalue weighted by atomic mass is 10.1. The Labute approximate surface area is 268 Å². The molecule has 0 fully saturated rings. The third-order valence-electron chi connectivity index (χ3n) is 6.26. The summed E-state index contributed by atoms with van der Waals surface area (Å²) >= 11 is 8.78. The van der Waals surface area contributed by atoms with E-state index in [1.165, 1.54) is 23.1 Å². The van der Waals surface area contributed by atoms with Crippen LogP contribution in [0.4, 0.5) is 10.8 Å². The number of hydrogen-bond donors (Lipinski definition) is 3. The van der Waals surface area contributed by atoms with Crippen LogP contribution in [0, 0.1) is 6.92 Å². The molecule has 3 N–H and O–H groups in total. The first-order valence-electron chi connectivity index (χ1n) is 13.5.